The molecule has 0 radical (unpaired) electrons. The van der Waals surface area contributed by atoms with Gasteiger partial charge >= 0.3 is 0 Å². The quantitative estimate of drug-likeness (QED) is 0.334. The van der Waals surface area contributed by atoms with Gasteiger partial charge in [0, 0.05) is 23.4 Å². The topological polar surface area (TPSA) is 56.7 Å². The zero-order chi connectivity index (χ0) is 18.5. The Balaban J connectivity index is 1.53. The summed E-state index contributed by atoms with van der Waals surface area (Å²) in [5, 5.41) is 9.56. The molecule has 0 saturated heterocycles. The van der Waals surface area contributed by atoms with Crippen LogP contribution in [-0.4, -0.2) is 19.7 Å². The van der Waals surface area contributed by atoms with E-state index in [4.69, 9.17) is 4.42 Å². The normalized spacial score (nSPS) is 10.8. The van der Waals surface area contributed by atoms with Crippen LogP contribution < -0.4 is 0 Å². The maximum Gasteiger partial charge on any atom is 0.226 e. The van der Waals surface area contributed by atoms with Gasteiger partial charge in [0.25, 0.3) is 0 Å². The third-order valence-electron chi connectivity index (χ3n) is 3.98. The van der Waals surface area contributed by atoms with Crippen molar-refractivity contribution in [2.75, 3.05) is 0 Å². The Morgan fingerprint density at radius 1 is 0.963 bits per heavy atom. The lowest BCUT2D eigenvalue weighted by molar-refractivity contribution is 0.573. The van der Waals surface area contributed by atoms with Crippen molar-refractivity contribution < 1.29 is 4.42 Å². The molecular weight excluding hydrogens is 356 g/mol. The van der Waals surface area contributed by atoms with Crippen molar-refractivity contribution in [2.24, 2.45) is 0 Å². The van der Waals surface area contributed by atoms with Gasteiger partial charge in [0.2, 0.25) is 5.89 Å². The minimum atomic E-state index is 0.628. The van der Waals surface area contributed by atoms with E-state index < -0.39 is 0 Å². The van der Waals surface area contributed by atoms with E-state index in [-0.39, 0.29) is 0 Å². The summed E-state index contributed by atoms with van der Waals surface area (Å²) in [5.41, 5.74) is 2.87. The Morgan fingerprint density at radius 2 is 1.67 bits per heavy atom. The summed E-state index contributed by atoms with van der Waals surface area (Å²) in [6.07, 6.45) is 3.55. The van der Waals surface area contributed by atoms with Gasteiger partial charge in [-0.2, -0.15) is 0 Å². The Hall–Kier alpha value is -3.12. The fourth-order valence-corrected chi connectivity index (χ4v) is 3.54. The third kappa shape index (κ3) is 3.85. The molecule has 0 spiro atoms. The number of hydrogen-bond donors (Lipinski definition) is 0. The SMILES string of the molecule is C=CCn1c(SCc2coc(-c3ccccc3)n2)nnc1-c1ccccc1. The Labute approximate surface area is 161 Å². The first kappa shape index (κ1) is 17.3. The molecule has 0 aliphatic carbocycles. The van der Waals surface area contributed by atoms with Crippen molar-refractivity contribution in [1.82, 2.24) is 19.7 Å². The first-order valence-corrected chi connectivity index (χ1v) is 9.56. The minimum Gasteiger partial charge on any atom is -0.444 e. The van der Waals surface area contributed by atoms with E-state index in [1.807, 2.05) is 66.7 Å². The Kier molecular flexibility index (Phi) is 5.16. The fraction of sp³-hybridized carbons (Fsp3) is 0.0952. The van der Waals surface area contributed by atoms with Crippen molar-refractivity contribution in [3.63, 3.8) is 0 Å². The second-order valence-electron chi connectivity index (χ2n) is 5.87. The average molecular weight is 374 g/mol. The van der Waals surface area contributed by atoms with E-state index in [0.29, 0.717) is 18.2 Å². The van der Waals surface area contributed by atoms with Gasteiger partial charge in [-0.3, -0.25) is 4.57 Å². The molecule has 2 aromatic heterocycles. The van der Waals surface area contributed by atoms with Crippen LogP contribution in [0.5, 0.6) is 0 Å². The molecule has 0 bridgehead atoms. The van der Waals surface area contributed by atoms with Gasteiger partial charge in [-0.15, -0.1) is 16.8 Å². The summed E-state index contributed by atoms with van der Waals surface area (Å²) in [6.45, 7) is 4.50. The molecule has 0 amide bonds. The highest BCUT2D eigenvalue weighted by Crippen LogP contribution is 2.27. The number of aromatic nitrogens is 4. The van der Waals surface area contributed by atoms with Crippen LogP contribution in [0.4, 0.5) is 0 Å². The summed E-state index contributed by atoms with van der Waals surface area (Å²) < 4.78 is 7.67. The number of allylic oxidation sites excluding steroid dienone is 1. The molecule has 5 nitrogen and oxygen atoms in total. The third-order valence-corrected chi connectivity index (χ3v) is 4.98. The molecular formula is C21H18N4OS. The van der Waals surface area contributed by atoms with Gasteiger partial charge in [0.15, 0.2) is 11.0 Å². The van der Waals surface area contributed by atoms with Crippen LogP contribution in [-0.2, 0) is 12.3 Å². The second kappa shape index (κ2) is 8.05. The summed E-state index contributed by atoms with van der Waals surface area (Å²) >= 11 is 1.58. The smallest absolute Gasteiger partial charge is 0.226 e. The molecule has 0 saturated carbocycles. The van der Waals surface area contributed by atoms with Crippen LogP contribution >= 0.6 is 11.8 Å². The predicted octanol–water partition coefficient (Wildman–Crippen LogP) is 5.08. The van der Waals surface area contributed by atoms with Crippen LogP contribution in [0.15, 0.2) is 89.2 Å². The van der Waals surface area contributed by atoms with Gasteiger partial charge < -0.3 is 4.42 Å². The molecule has 2 aromatic carbocycles. The molecule has 4 rings (SSSR count). The maximum absolute atomic E-state index is 5.61. The molecule has 0 aliphatic heterocycles. The molecule has 27 heavy (non-hydrogen) atoms. The summed E-state index contributed by atoms with van der Waals surface area (Å²) in [4.78, 5) is 4.57. The van der Waals surface area contributed by atoms with Gasteiger partial charge in [0.05, 0.1) is 5.69 Å². The molecule has 0 aliphatic rings. The van der Waals surface area contributed by atoms with Gasteiger partial charge in [-0.05, 0) is 12.1 Å². The van der Waals surface area contributed by atoms with Crippen molar-refractivity contribution in [3.8, 4) is 22.8 Å². The number of hydrogen-bond acceptors (Lipinski definition) is 5. The minimum absolute atomic E-state index is 0.628. The number of nitrogens with zero attached hydrogens (tertiary/aromatic N) is 4. The lowest BCUT2D eigenvalue weighted by Gasteiger charge is -2.07. The highest BCUT2D eigenvalue weighted by molar-refractivity contribution is 7.98. The fourth-order valence-electron chi connectivity index (χ4n) is 2.72. The number of benzene rings is 2. The van der Waals surface area contributed by atoms with E-state index in [1.165, 1.54) is 0 Å². The summed E-state index contributed by atoms with van der Waals surface area (Å²) in [7, 11) is 0. The Morgan fingerprint density at radius 3 is 2.37 bits per heavy atom. The lowest BCUT2D eigenvalue weighted by Crippen LogP contribution is -2.00. The molecule has 0 N–H and O–H groups in total. The van der Waals surface area contributed by atoms with Gasteiger partial charge in [-0.1, -0.05) is 66.4 Å². The molecule has 0 unspecified atom stereocenters. The molecule has 4 aromatic rings. The highest BCUT2D eigenvalue weighted by Gasteiger charge is 2.14. The van der Waals surface area contributed by atoms with Gasteiger partial charge in [-0.25, -0.2) is 4.98 Å². The lowest BCUT2D eigenvalue weighted by atomic mass is 10.2. The van der Waals surface area contributed by atoms with Crippen molar-refractivity contribution in [2.45, 2.75) is 17.5 Å². The average Bonchev–Trinajstić information content (AvgIpc) is 3.35. The highest BCUT2D eigenvalue weighted by atomic mass is 32.2. The van der Waals surface area contributed by atoms with E-state index in [1.54, 1.807) is 18.0 Å². The maximum atomic E-state index is 5.61. The standard InChI is InChI=1S/C21H18N4OS/c1-2-13-25-19(16-9-5-3-6-10-16)23-24-21(25)27-15-18-14-26-20(22-18)17-11-7-4-8-12-17/h2-12,14H,1,13,15H2. The van der Waals surface area contributed by atoms with Crippen LogP contribution in [0, 0.1) is 0 Å². The van der Waals surface area contributed by atoms with Crippen LogP contribution in [0.25, 0.3) is 22.8 Å². The number of rotatable bonds is 7. The largest absolute Gasteiger partial charge is 0.444 e. The van der Waals surface area contributed by atoms with E-state index in [0.717, 1.165) is 27.8 Å². The Bertz CT molecular complexity index is 1020. The number of thioether (sulfide) groups is 1. The van der Waals surface area contributed by atoms with Crippen molar-refractivity contribution in [1.29, 1.82) is 0 Å². The molecule has 0 atom stereocenters. The molecule has 0 fully saturated rings. The van der Waals surface area contributed by atoms with Crippen molar-refractivity contribution in [3.05, 3.63) is 85.3 Å². The second-order valence-corrected chi connectivity index (χ2v) is 6.81. The van der Waals surface area contributed by atoms with Crippen LogP contribution in [0.2, 0.25) is 0 Å². The first-order chi connectivity index (χ1) is 13.3. The predicted molar refractivity (Wildman–Crippen MR) is 107 cm³/mol. The van der Waals surface area contributed by atoms with Gasteiger partial charge in [0.1, 0.15) is 6.26 Å². The zero-order valence-corrected chi connectivity index (χ0v) is 15.5. The van der Waals surface area contributed by atoms with Crippen molar-refractivity contribution >= 4 is 11.8 Å². The monoisotopic (exact) mass is 374 g/mol. The number of oxazole rings is 1. The van der Waals surface area contributed by atoms with E-state index in [9.17, 15) is 0 Å². The summed E-state index contributed by atoms with van der Waals surface area (Å²) in [6, 6.07) is 19.9. The van der Waals surface area contributed by atoms with Crippen LogP contribution in [0.3, 0.4) is 0 Å². The first-order valence-electron chi connectivity index (χ1n) is 8.57. The van der Waals surface area contributed by atoms with E-state index in [2.05, 4.69) is 26.3 Å². The van der Waals surface area contributed by atoms with Crippen LogP contribution in [0.1, 0.15) is 5.69 Å². The molecule has 134 valence electrons. The zero-order valence-electron chi connectivity index (χ0n) is 14.7. The molecule has 2 heterocycles. The molecule has 6 heteroatoms. The van der Waals surface area contributed by atoms with E-state index >= 15 is 0 Å². The summed E-state index contributed by atoms with van der Waals surface area (Å²) in [5.74, 6) is 2.12.